The molecule has 0 atom stereocenters. The second-order valence-corrected chi connectivity index (χ2v) is 4.63. The van der Waals surface area contributed by atoms with Crippen LogP contribution in [0.25, 0.3) is 0 Å². The predicted molar refractivity (Wildman–Crippen MR) is 87.4 cm³/mol. The highest BCUT2D eigenvalue weighted by molar-refractivity contribution is 14.0. The number of hydrogen-bond acceptors (Lipinski definition) is 3. The number of guanidine groups is 1. The van der Waals surface area contributed by atoms with E-state index >= 15 is 0 Å². The van der Waals surface area contributed by atoms with E-state index < -0.39 is 0 Å². The molecule has 0 spiro atoms. The van der Waals surface area contributed by atoms with E-state index in [2.05, 4.69) is 9.98 Å². The van der Waals surface area contributed by atoms with Crippen LogP contribution in [-0.2, 0) is 0 Å². The molecule has 1 aliphatic carbocycles. The van der Waals surface area contributed by atoms with Crippen LogP contribution in [-0.4, -0.2) is 42.1 Å². The van der Waals surface area contributed by atoms with Crippen molar-refractivity contribution < 1.29 is 4.74 Å². The van der Waals surface area contributed by atoms with Gasteiger partial charge in [-0.15, -0.1) is 24.0 Å². The number of nitrogens with two attached hydrogens (primary N) is 1. The minimum Gasteiger partial charge on any atom is -0.475 e. The third-order valence-electron chi connectivity index (χ3n) is 2.78. The highest BCUT2D eigenvalue weighted by Gasteiger charge is 2.27. The number of aliphatic imine (C=N–C) groups is 1. The van der Waals surface area contributed by atoms with Gasteiger partial charge in [0.2, 0.25) is 5.88 Å². The van der Waals surface area contributed by atoms with Crippen LogP contribution in [0.5, 0.6) is 5.88 Å². The second-order valence-electron chi connectivity index (χ2n) is 4.22. The molecule has 0 radical (unpaired) electrons. The van der Waals surface area contributed by atoms with Crippen LogP contribution in [0.2, 0.25) is 5.02 Å². The topological polar surface area (TPSA) is 63.7 Å². The van der Waals surface area contributed by atoms with Crippen molar-refractivity contribution in [1.29, 1.82) is 0 Å². The summed E-state index contributed by atoms with van der Waals surface area (Å²) >= 11 is 5.91. The van der Waals surface area contributed by atoms with Crippen molar-refractivity contribution in [2.24, 2.45) is 10.7 Å². The quantitative estimate of drug-likeness (QED) is 0.358. The fourth-order valence-corrected chi connectivity index (χ4v) is 1.72. The lowest BCUT2D eigenvalue weighted by molar-refractivity contribution is 0.315. The van der Waals surface area contributed by atoms with E-state index in [9.17, 15) is 0 Å². The first-order chi connectivity index (χ1) is 8.68. The molecule has 0 bridgehead atoms. The molecule has 5 nitrogen and oxygen atoms in total. The molecule has 1 aromatic rings. The van der Waals surface area contributed by atoms with Crippen molar-refractivity contribution in [3.8, 4) is 5.88 Å². The SMILES string of the molecule is CN(C(N)=NCCOc1ncccc1Cl)C1CC1.I. The molecule has 1 aromatic heterocycles. The highest BCUT2D eigenvalue weighted by Crippen LogP contribution is 2.24. The van der Waals surface area contributed by atoms with E-state index in [1.807, 2.05) is 11.9 Å². The summed E-state index contributed by atoms with van der Waals surface area (Å²) in [4.78, 5) is 10.3. The number of nitrogens with zero attached hydrogens (tertiary/aromatic N) is 3. The summed E-state index contributed by atoms with van der Waals surface area (Å²) in [5.41, 5.74) is 5.85. The summed E-state index contributed by atoms with van der Waals surface area (Å²) in [5, 5.41) is 0.504. The maximum absolute atomic E-state index is 5.91. The predicted octanol–water partition coefficient (Wildman–Crippen LogP) is 2.14. The van der Waals surface area contributed by atoms with Gasteiger partial charge in [0.1, 0.15) is 11.6 Å². The minimum atomic E-state index is 0. The van der Waals surface area contributed by atoms with Gasteiger partial charge in [0.25, 0.3) is 0 Å². The van der Waals surface area contributed by atoms with Crippen LogP contribution in [0, 0.1) is 0 Å². The Morgan fingerprint density at radius 3 is 3.00 bits per heavy atom. The van der Waals surface area contributed by atoms with E-state index in [0.717, 1.165) is 0 Å². The lowest BCUT2D eigenvalue weighted by atomic mass is 10.5. The largest absolute Gasteiger partial charge is 0.475 e. The molecular formula is C12H18ClIN4O. The molecule has 0 saturated heterocycles. The van der Waals surface area contributed by atoms with Gasteiger partial charge in [-0.2, -0.15) is 0 Å². The number of rotatable bonds is 5. The summed E-state index contributed by atoms with van der Waals surface area (Å²) in [7, 11) is 1.97. The third kappa shape index (κ3) is 5.02. The molecule has 0 aromatic carbocycles. The standard InChI is InChI=1S/C12H17ClN4O.HI/c1-17(9-4-5-9)12(14)16-7-8-18-11-10(13)3-2-6-15-11;/h2-3,6,9H,4-5,7-8H2,1H3,(H2,14,16);1H. The van der Waals surface area contributed by atoms with Gasteiger partial charge < -0.3 is 15.4 Å². The molecule has 106 valence electrons. The number of ether oxygens (including phenoxy) is 1. The molecule has 19 heavy (non-hydrogen) atoms. The number of halogens is 2. The molecule has 1 aliphatic rings. The molecule has 7 heteroatoms. The van der Waals surface area contributed by atoms with E-state index in [1.54, 1.807) is 18.3 Å². The molecule has 1 saturated carbocycles. The average Bonchev–Trinajstić information content (AvgIpc) is 3.19. The Hall–Kier alpha value is -0.760. The van der Waals surface area contributed by atoms with E-state index in [1.165, 1.54) is 12.8 Å². The summed E-state index contributed by atoms with van der Waals surface area (Å²) < 4.78 is 5.42. The van der Waals surface area contributed by atoms with Crippen LogP contribution in [0.3, 0.4) is 0 Å². The Bertz CT molecular complexity index is 439. The third-order valence-corrected chi connectivity index (χ3v) is 3.07. The minimum absolute atomic E-state index is 0. The zero-order valence-electron chi connectivity index (χ0n) is 10.8. The molecule has 0 unspecified atom stereocenters. The van der Waals surface area contributed by atoms with Crippen LogP contribution >= 0.6 is 35.6 Å². The normalized spacial score (nSPS) is 14.7. The first-order valence-corrected chi connectivity index (χ1v) is 6.32. The molecule has 0 amide bonds. The summed E-state index contributed by atoms with van der Waals surface area (Å²) in [6, 6.07) is 4.07. The molecule has 2 rings (SSSR count). The second kappa shape index (κ2) is 7.74. The van der Waals surface area contributed by atoms with Gasteiger partial charge in [-0.3, -0.25) is 0 Å². The van der Waals surface area contributed by atoms with Gasteiger partial charge >= 0.3 is 0 Å². The van der Waals surface area contributed by atoms with Crippen LogP contribution < -0.4 is 10.5 Å². The molecule has 1 heterocycles. The van der Waals surface area contributed by atoms with Crippen LogP contribution in [0.4, 0.5) is 0 Å². The zero-order valence-corrected chi connectivity index (χ0v) is 13.8. The lowest BCUT2D eigenvalue weighted by Gasteiger charge is -2.16. The zero-order chi connectivity index (χ0) is 13.0. The Labute approximate surface area is 135 Å². The first kappa shape index (κ1) is 16.3. The van der Waals surface area contributed by atoms with Gasteiger partial charge in [0.15, 0.2) is 5.96 Å². The van der Waals surface area contributed by atoms with Crippen molar-refractivity contribution >= 4 is 41.5 Å². The molecule has 2 N–H and O–H groups in total. The first-order valence-electron chi connectivity index (χ1n) is 5.94. The van der Waals surface area contributed by atoms with Gasteiger partial charge in [-0.25, -0.2) is 9.98 Å². The van der Waals surface area contributed by atoms with E-state index in [4.69, 9.17) is 22.1 Å². The van der Waals surface area contributed by atoms with Crippen molar-refractivity contribution in [3.63, 3.8) is 0 Å². The van der Waals surface area contributed by atoms with Crippen LogP contribution in [0.15, 0.2) is 23.3 Å². The molecular weight excluding hydrogens is 379 g/mol. The Balaban J connectivity index is 0.00000180. The van der Waals surface area contributed by atoms with Gasteiger partial charge in [-0.05, 0) is 25.0 Å². The van der Waals surface area contributed by atoms with Gasteiger partial charge in [-0.1, -0.05) is 11.6 Å². The van der Waals surface area contributed by atoms with Crippen molar-refractivity contribution in [3.05, 3.63) is 23.4 Å². The fraction of sp³-hybridized carbons (Fsp3) is 0.500. The monoisotopic (exact) mass is 396 g/mol. The number of pyridine rings is 1. The average molecular weight is 397 g/mol. The van der Waals surface area contributed by atoms with E-state index in [-0.39, 0.29) is 24.0 Å². The number of aromatic nitrogens is 1. The molecule has 1 fully saturated rings. The van der Waals surface area contributed by atoms with Crippen LogP contribution in [0.1, 0.15) is 12.8 Å². The molecule has 0 aliphatic heterocycles. The summed E-state index contributed by atoms with van der Waals surface area (Å²) in [6.07, 6.45) is 4.04. The van der Waals surface area contributed by atoms with Gasteiger partial charge in [0, 0.05) is 19.3 Å². The van der Waals surface area contributed by atoms with Crippen molar-refractivity contribution in [2.75, 3.05) is 20.2 Å². The lowest BCUT2D eigenvalue weighted by Crippen LogP contribution is -2.36. The maximum atomic E-state index is 5.91. The highest BCUT2D eigenvalue weighted by atomic mass is 127. The number of hydrogen-bond donors (Lipinski definition) is 1. The Morgan fingerprint density at radius 2 is 2.37 bits per heavy atom. The summed E-state index contributed by atoms with van der Waals surface area (Å²) in [6.45, 7) is 0.908. The van der Waals surface area contributed by atoms with Crippen molar-refractivity contribution in [2.45, 2.75) is 18.9 Å². The Kier molecular flexibility index (Phi) is 6.64. The van der Waals surface area contributed by atoms with Crippen molar-refractivity contribution in [1.82, 2.24) is 9.88 Å². The maximum Gasteiger partial charge on any atom is 0.232 e. The fourth-order valence-electron chi connectivity index (χ4n) is 1.54. The summed E-state index contributed by atoms with van der Waals surface area (Å²) in [5.74, 6) is 0.997. The van der Waals surface area contributed by atoms with E-state index in [0.29, 0.717) is 36.1 Å². The smallest absolute Gasteiger partial charge is 0.232 e. The van der Waals surface area contributed by atoms with Gasteiger partial charge in [0.05, 0.1) is 6.54 Å². The Morgan fingerprint density at radius 1 is 1.63 bits per heavy atom.